The molecule has 2 atom stereocenters. The van der Waals surface area contributed by atoms with Crippen LogP contribution in [0.15, 0.2) is 28.7 Å². The lowest BCUT2D eigenvalue weighted by atomic mass is 10.2. The van der Waals surface area contributed by atoms with Crippen molar-refractivity contribution in [3.8, 4) is 0 Å². The van der Waals surface area contributed by atoms with Crippen molar-refractivity contribution in [2.24, 2.45) is 11.8 Å². The van der Waals surface area contributed by atoms with Gasteiger partial charge in [-0.1, -0.05) is 28.1 Å². The van der Waals surface area contributed by atoms with E-state index < -0.39 is 0 Å². The summed E-state index contributed by atoms with van der Waals surface area (Å²) in [4.78, 5) is 2.58. The van der Waals surface area contributed by atoms with Gasteiger partial charge in [-0.15, -0.1) is 0 Å². The van der Waals surface area contributed by atoms with Gasteiger partial charge in [-0.25, -0.2) is 0 Å². The van der Waals surface area contributed by atoms with Crippen LogP contribution in [-0.2, 0) is 6.54 Å². The van der Waals surface area contributed by atoms with Crippen molar-refractivity contribution < 1.29 is 0 Å². The average Bonchev–Trinajstić information content (AvgIpc) is 2.74. The van der Waals surface area contributed by atoms with E-state index in [1.165, 1.54) is 29.5 Å². The van der Waals surface area contributed by atoms with E-state index in [2.05, 4.69) is 45.1 Å². The third-order valence-corrected chi connectivity index (χ3v) is 3.84. The number of hydrogen-bond donors (Lipinski definition) is 0. The highest BCUT2D eigenvalue weighted by molar-refractivity contribution is 9.10. The van der Waals surface area contributed by atoms with Crippen molar-refractivity contribution in [3.05, 3.63) is 34.3 Å². The molecule has 2 unspecified atom stereocenters. The molecular weight excluding hydrogens is 238 g/mol. The quantitative estimate of drug-likeness (QED) is 0.782. The van der Waals surface area contributed by atoms with Gasteiger partial charge in [-0.05, 0) is 36.0 Å². The highest BCUT2D eigenvalue weighted by atomic mass is 79.9. The summed E-state index contributed by atoms with van der Waals surface area (Å²) in [6, 6.07) is 8.65. The minimum absolute atomic E-state index is 1.04. The standard InChI is InChI=1S/C12H14BrN/c13-12-3-1-2-9(4-12)6-14-7-10-5-11(10)8-14/h1-4,10-11H,5-8H2. The van der Waals surface area contributed by atoms with Gasteiger partial charge in [-0.2, -0.15) is 0 Å². The van der Waals surface area contributed by atoms with E-state index in [1.807, 2.05) is 0 Å². The molecule has 1 saturated heterocycles. The second kappa shape index (κ2) is 3.35. The lowest BCUT2D eigenvalue weighted by Gasteiger charge is -2.17. The zero-order valence-corrected chi connectivity index (χ0v) is 9.70. The summed E-state index contributed by atoms with van der Waals surface area (Å²) in [6.45, 7) is 3.79. The Morgan fingerprint density at radius 2 is 2.07 bits per heavy atom. The van der Waals surface area contributed by atoms with Crippen molar-refractivity contribution in [3.63, 3.8) is 0 Å². The largest absolute Gasteiger partial charge is 0.299 e. The van der Waals surface area contributed by atoms with Gasteiger partial charge in [0.2, 0.25) is 0 Å². The molecule has 3 rings (SSSR count). The highest BCUT2D eigenvalue weighted by Gasteiger charge is 2.44. The fourth-order valence-electron chi connectivity index (χ4n) is 2.52. The van der Waals surface area contributed by atoms with Crippen LogP contribution < -0.4 is 0 Å². The second-order valence-electron chi connectivity index (χ2n) is 4.58. The lowest BCUT2D eigenvalue weighted by molar-refractivity contribution is 0.297. The average molecular weight is 252 g/mol. The lowest BCUT2D eigenvalue weighted by Crippen LogP contribution is -2.21. The van der Waals surface area contributed by atoms with Gasteiger partial charge in [0, 0.05) is 24.1 Å². The van der Waals surface area contributed by atoms with Crippen molar-refractivity contribution in [2.45, 2.75) is 13.0 Å². The molecule has 0 aromatic heterocycles. The molecule has 1 aromatic rings. The highest BCUT2D eigenvalue weighted by Crippen LogP contribution is 2.45. The van der Waals surface area contributed by atoms with Gasteiger partial charge >= 0.3 is 0 Å². The summed E-state index contributed by atoms with van der Waals surface area (Å²) in [7, 11) is 0. The van der Waals surface area contributed by atoms with Gasteiger partial charge < -0.3 is 0 Å². The Balaban J connectivity index is 1.66. The van der Waals surface area contributed by atoms with Crippen LogP contribution in [0.1, 0.15) is 12.0 Å². The first kappa shape index (κ1) is 8.93. The molecule has 74 valence electrons. The number of hydrogen-bond acceptors (Lipinski definition) is 1. The van der Waals surface area contributed by atoms with Gasteiger partial charge in [0.05, 0.1) is 0 Å². The molecule has 2 fully saturated rings. The summed E-state index contributed by atoms with van der Waals surface area (Å²) in [6.07, 6.45) is 1.50. The Hall–Kier alpha value is -0.340. The van der Waals surface area contributed by atoms with Crippen molar-refractivity contribution >= 4 is 15.9 Å². The monoisotopic (exact) mass is 251 g/mol. The number of likely N-dealkylation sites (tertiary alicyclic amines) is 1. The Kier molecular flexibility index (Phi) is 2.14. The van der Waals surface area contributed by atoms with Gasteiger partial charge in [0.25, 0.3) is 0 Å². The first-order valence-electron chi connectivity index (χ1n) is 5.28. The van der Waals surface area contributed by atoms with E-state index in [4.69, 9.17) is 0 Å². The number of piperidine rings is 1. The van der Waals surface area contributed by atoms with Crippen LogP contribution >= 0.6 is 15.9 Å². The number of benzene rings is 1. The maximum atomic E-state index is 3.51. The molecule has 0 bridgehead atoms. The maximum absolute atomic E-state index is 3.51. The summed E-state index contributed by atoms with van der Waals surface area (Å²) >= 11 is 3.51. The third kappa shape index (κ3) is 1.73. The predicted molar refractivity (Wildman–Crippen MR) is 61.0 cm³/mol. The van der Waals surface area contributed by atoms with E-state index in [9.17, 15) is 0 Å². The summed E-state index contributed by atoms with van der Waals surface area (Å²) in [5, 5.41) is 0. The van der Waals surface area contributed by atoms with Crippen molar-refractivity contribution in [2.75, 3.05) is 13.1 Å². The van der Waals surface area contributed by atoms with E-state index in [0.717, 1.165) is 18.4 Å². The molecule has 1 nitrogen and oxygen atoms in total. The van der Waals surface area contributed by atoms with E-state index in [-0.39, 0.29) is 0 Å². The van der Waals surface area contributed by atoms with Crippen molar-refractivity contribution in [1.29, 1.82) is 0 Å². The molecular formula is C12H14BrN. The first-order valence-corrected chi connectivity index (χ1v) is 6.07. The smallest absolute Gasteiger partial charge is 0.0234 e. The Bertz CT molecular complexity index is 340. The van der Waals surface area contributed by atoms with Crippen molar-refractivity contribution in [1.82, 2.24) is 4.90 Å². The molecule has 1 heterocycles. The summed E-state index contributed by atoms with van der Waals surface area (Å²) in [5.74, 6) is 2.09. The molecule has 0 amide bonds. The first-order chi connectivity index (χ1) is 6.81. The van der Waals surface area contributed by atoms with E-state index >= 15 is 0 Å². The molecule has 0 spiro atoms. The van der Waals surface area contributed by atoms with Crippen LogP contribution in [0.4, 0.5) is 0 Å². The zero-order valence-electron chi connectivity index (χ0n) is 8.12. The minimum atomic E-state index is 1.04. The van der Waals surface area contributed by atoms with Crippen LogP contribution in [0.3, 0.4) is 0 Å². The second-order valence-corrected chi connectivity index (χ2v) is 5.50. The minimum Gasteiger partial charge on any atom is -0.299 e. The fourth-order valence-corrected chi connectivity index (χ4v) is 2.96. The topological polar surface area (TPSA) is 3.24 Å². The zero-order chi connectivity index (χ0) is 9.54. The molecule has 2 aliphatic rings. The molecule has 0 N–H and O–H groups in total. The predicted octanol–water partition coefficient (Wildman–Crippen LogP) is 2.90. The van der Waals surface area contributed by atoms with Crippen LogP contribution in [-0.4, -0.2) is 18.0 Å². The Morgan fingerprint density at radius 1 is 1.29 bits per heavy atom. The molecule has 14 heavy (non-hydrogen) atoms. The molecule has 1 saturated carbocycles. The number of rotatable bonds is 2. The summed E-state index contributed by atoms with van der Waals surface area (Å²) < 4.78 is 1.19. The number of fused-ring (bicyclic) bond motifs is 1. The number of nitrogens with zero attached hydrogens (tertiary/aromatic N) is 1. The molecule has 1 aliphatic heterocycles. The Labute approximate surface area is 93.2 Å². The van der Waals surface area contributed by atoms with Crippen LogP contribution in [0.25, 0.3) is 0 Å². The molecule has 1 aliphatic carbocycles. The maximum Gasteiger partial charge on any atom is 0.0234 e. The molecule has 1 aromatic carbocycles. The fraction of sp³-hybridized carbons (Fsp3) is 0.500. The normalized spacial score (nSPS) is 30.4. The SMILES string of the molecule is Brc1cccc(CN2CC3CC3C2)c1. The summed E-state index contributed by atoms with van der Waals surface area (Å²) in [5.41, 5.74) is 1.43. The van der Waals surface area contributed by atoms with Crippen LogP contribution in [0.5, 0.6) is 0 Å². The van der Waals surface area contributed by atoms with Gasteiger partial charge in [-0.3, -0.25) is 4.90 Å². The Morgan fingerprint density at radius 3 is 2.79 bits per heavy atom. The molecule has 2 heteroatoms. The van der Waals surface area contributed by atoms with Crippen LogP contribution in [0, 0.1) is 11.8 Å². The molecule has 0 radical (unpaired) electrons. The van der Waals surface area contributed by atoms with Gasteiger partial charge in [0.1, 0.15) is 0 Å². The third-order valence-electron chi connectivity index (χ3n) is 3.35. The van der Waals surface area contributed by atoms with Gasteiger partial charge in [0.15, 0.2) is 0 Å². The number of halogens is 1. The van der Waals surface area contributed by atoms with E-state index in [0.29, 0.717) is 0 Å². The van der Waals surface area contributed by atoms with E-state index in [1.54, 1.807) is 0 Å². The van der Waals surface area contributed by atoms with Crippen LogP contribution in [0.2, 0.25) is 0 Å².